The van der Waals surface area contributed by atoms with E-state index in [2.05, 4.69) is 15.9 Å². The van der Waals surface area contributed by atoms with Gasteiger partial charge in [-0.1, -0.05) is 6.07 Å². The van der Waals surface area contributed by atoms with E-state index >= 15 is 0 Å². The van der Waals surface area contributed by atoms with E-state index in [4.69, 9.17) is 10.5 Å². The van der Waals surface area contributed by atoms with Gasteiger partial charge < -0.3 is 10.5 Å². The lowest BCUT2D eigenvalue weighted by molar-refractivity contribution is 0.0191. The van der Waals surface area contributed by atoms with Gasteiger partial charge in [0.25, 0.3) is 0 Å². The number of ether oxygens (including phenoxy) is 1. The van der Waals surface area contributed by atoms with Gasteiger partial charge in [0.15, 0.2) is 0 Å². The average Bonchev–Trinajstić information content (AvgIpc) is 2.35. The highest BCUT2D eigenvalue weighted by Gasteiger charge is 2.31. The van der Waals surface area contributed by atoms with Crippen LogP contribution in [0.15, 0.2) is 22.7 Å². The normalized spacial score (nSPS) is 19.2. The molecule has 2 N–H and O–H groups in total. The Morgan fingerprint density at radius 1 is 1.35 bits per heavy atom. The van der Waals surface area contributed by atoms with Crippen LogP contribution in [-0.2, 0) is 11.2 Å². The molecule has 0 radical (unpaired) electrons. The Balaban J connectivity index is 2.14. The average molecular weight is 302 g/mol. The fourth-order valence-electron chi connectivity index (χ4n) is 2.34. The van der Waals surface area contributed by atoms with Crippen LogP contribution in [0.5, 0.6) is 0 Å². The predicted octanol–water partition coefficient (Wildman–Crippen LogP) is 2.89. The number of halogens is 2. The smallest absolute Gasteiger partial charge is 0.137 e. The Hall–Kier alpha value is -0.450. The van der Waals surface area contributed by atoms with Crippen LogP contribution >= 0.6 is 15.9 Å². The summed E-state index contributed by atoms with van der Waals surface area (Å²) in [6.45, 7) is 2.21. The second kappa shape index (κ2) is 5.46. The lowest BCUT2D eigenvalue weighted by Gasteiger charge is -2.36. The van der Waals surface area contributed by atoms with Crippen LogP contribution in [0.25, 0.3) is 0 Å². The summed E-state index contributed by atoms with van der Waals surface area (Å²) in [4.78, 5) is 0. The SMILES string of the molecule is NCC1(Cc2ccc(F)c(Br)c2)CCOCC1. The summed E-state index contributed by atoms with van der Waals surface area (Å²) in [5.41, 5.74) is 7.16. The molecular weight excluding hydrogens is 285 g/mol. The van der Waals surface area contributed by atoms with Crippen molar-refractivity contribution in [1.29, 1.82) is 0 Å². The third-order valence-corrected chi connectivity index (χ3v) is 4.16. The first-order valence-corrected chi connectivity index (χ1v) is 6.66. The Labute approximate surface area is 109 Å². The van der Waals surface area contributed by atoms with Gasteiger partial charge >= 0.3 is 0 Å². The topological polar surface area (TPSA) is 35.2 Å². The quantitative estimate of drug-likeness (QED) is 0.932. The van der Waals surface area contributed by atoms with Crippen LogP contribution in [0, 0.1) is 11.2 Å². The molecular formula is C13H17BrFNO. The lowest BCUT2D eigenvalue weighted by Crippen LogP contribution is -2.38. The Bertz CT molecular complexity index is 391. The van der Waals surface area contributed by atoms with E-state index in [1.54, 1.807) is 0 Å². The monoisotopic (exact) mass is 301 g/mol. The minimum atomic E-state index is -0.220. The molecule has 1 heterocycles. The lowest BCUT2D eigenvalue weighted by atomic mass is 9.75. The maximum atomic E-state index is 13.2. The summed E-state index contributed by atoms with van der Waals surface area (Å²) in [5, 5.41) is 0. The number of benzene rings is 1. The summed E-state index contributed by atoms with van der Waals surface area (Å²) in [5.74, 6) is -0.220. The largest absolute Gasteiger partial charge is 0.381 e. The van der Waals surface area contributed by atoms with Crippen LogP contribution in [0.2, 0.25) is 0 Å². The molecule has 1 aromatic rings. The molecule has 1 fully saturated rings. The maximum absolute atomic E-state index is 13.2. The molecule has 17 heavy (non-hydrogen) atoms. The molecule has 0 amide bonds. The van der Waals surface area contributed by atoms with Gasteiger partial charge in [-0.05, 0) is 64.8 Å². The van der Waals surface area contributed by atoms with Crippen LogP contribution in [0.3, 0.4) is 0 Å². The van der Waals surface area contributed by atoms with E-state index in [0.29, 0.717) is 11.0 Å². The standard InChI is InChI=1S/C13H17BrFNO/c14-11-7-10(1-2-12(11)15)8-13(9-16)3-5-17-6-4-13/h1-2,7H,3-6,8-9,16H2. The van der Waals surface area contributed by atoms with Crippen molar-refractivity contribution in [2.24, 2.45) is 11.1 Å². The number of hydrogen-bond donors (Lipinski definition) is 1. The molecule has 1 aromatic carbocycles. The summed E-state index contributed by atoms with van der Waals surface area (Å²) in [6, 6.07) is 5.19. The molecule has 0 aliphatic carbocycles. The van der Waals surface area contributed by atoms with Crippen LogP contribution in [0.4, 0.5) is 4.39 Å². The van der Waals surface area contributed by atoms with Gasteiger partial charge in [-0.2, -0.15) is 0 Å². The van der Waals surface area contributed by atoms with Crippen LogP contribution < -0.4 is 5.73 Å². The predicted molar refractivity (Wildman–Crippen MR) is 69.3 cm³/mol. The van der Waals surface area contributed by atoms with Crippen molar-refractivity contribution in [1.82, 2.24) is 0 Å². The fraction of sp³-hybridized carbons (Fsp3) is 0.538. The molecule has 94 valence electrons. The maximum Gasteiger partial charge on any atom is 0.137 e. The zero-order valence-electron chi connectivity index (χ0n) is 9.72. The summed E-state index contributed by atoms with van der Waals surface area (Å²) in [6.07, 6.45) is 2.86. The van der Waals surface area contributed by atoms with Crippen molar-refractivity contribution in [3.8, 4) is 0 Å². The summed E-state index contributed by atoms with van der Waals surface area (Å²) >= 11 is 3.22. The molecule has 0 spiro atoms. The minimum Gasteiger partial charge on any atom is -0.381 e. The van der Waals surface area contributed by atoms with Gasteiger partial charge in [-0.25, -0.2) is 4.39 Å². The van der Waals surface area contributed by atoms with Gasteiger partial charge in [0, 0.05) is 13.2 Å². The van der Waals surface area contributed by atoms with E-state index in [-0.39, 0.29) is 11.2 Å². The Morgan fingerprint density at radius 3 is 2.65 bits per heavy atom. The van der Waals surface area contributed by atoms with Gasteiger partial charge in [-0.3, -0.25) is 0 Å². The molecule has 1 aliphatic rings. The molecule has 0 unspecified atom stereocenters. The van der Waals surface area contributed by atoms with Gasteiger partial charge in [-0.15, -0.1) is 0 Å². The highest BCUT2D eigenvalue weighted by atomic mass is 79.9. The molecule has 1 saturated heterocycles. The first-order chi connectivity index (χ1) is 8.15. The van der Waals surface area contributed by atoms with Gasteiger partial charge in [0.1, 0.15) is 5.82 Å². The highest BCUT2D eigenvalue weighted by molar-refractivity contribution is 9.10. The van der Waals surface area contributed by atoms with Crippen molar-refractivity contribution in [2.45, 2.75) is 19.3 Å². The van der Waals surface area contributed by atoms with Crippen molar-refractivity contribution in [3.05, 3.63) is 34.1 Å². The van der Waals surface area contributed by atoms with Crippen molar-refractivity contribution >= 4 is 15.9 Å². The van der Waals surface area contributed by atoms with Crippen molar-refractivity contribution in [2.75, 3.05) is 19.8 Å². The van der Waals surface area contributed by atoms with Crippen LogP contribution in [0.1, 0.15) is 18.4 Å². The van der Waals surface area contributed by atoms with Crippen molar-refractivity contribution in [3.63, 3.8) is 0 Å². The molecule has 0 aromatic heterocycles. The number of nitrogens with two attached hydrogens (primary N) is 1. The second-order valence-electron chi connectivity index (χ2n) is 4.74. The first-order valence-electron chi connectivity index (χ1n) is 5.87. The minimum absolute atomic E-state index is 0.121. The van der Waals surface area contributed by atoms with E-state index < -0.39 is 0 Å². The molecule has 0 bridgehead atoms. The van der Waals surface area contributed by atoms with E-state index in [0.717, 1.165) is 38.0 Å². The fourth-order valence-corrected chi connectivity index (χ4v) is 2.77. The van der Waals surface area contributed by atoms with E-state index in [1.165, 1.54) is 6.07 Å². The highest BCUT2D eigenvalue weighted by Crippen LogP contribution is 2.34. The Morgan fingerprint density at radius 2 is 2.06 bits per heavy atom. The van der Waals surface area contributed by atoms with Gasteiger partial charge in [0.2, 0.25) is 0 Å². The van der Waals surface area contributed by atoms with Crippen LogP contribution in [-0.4, -0.2) is 19.8 Å². The second-order valence-corrected chi connectivity index (χ2v) is 5.60. The van der Waals surface area contributed by atoms with Gasteiger partial charge in [0.05, 0.1) is 4.47 Å². The Kier molecular flexibility index (Phi) is 4.17. The zero-order chi connectivity index (χ0) is 12.3. The molecule has 2 rings (SSSR count). The van der Waals surface area contributed by atoms with Crippen molar-refractivity contribution < 1.29 is 9.13 Å². The first kappa shape index (κ1) is 13.0. The zero-order valence-corrected chi connectivity index (χ0v) is 11.3. The molecule has 4 heteroatoms. The number of hydrogen-bond acceptors (Lipinski definition) is 2. The number of rotatable bonds is 3. The molecule has 0 atom stereocenters. The van der Waals surface area contributed by atoms with E-state index in [1.807, 2.05) is 12.1 Å². The third-order valence-electron chi connectivity index (χ3n) is 3.55. The summed E-state index contributed by atoms with van der Waals surface area (Å²) < 4.78 is 19.1. The summed E-state index contributed by atoms with van der Waals surface area (Å²) in [7, 11) is 0. The third kappa shape index (κ3) is 3.06. The van der Waals surface area contributed by atoms with E-state index in [9.17, 15) is 4.39 Å². The molecule has 0 saturated carbocycles. The molecule has 1 aliphatic heterocycles. The molecule has 2 nitrogen and oxygen atoms in total.